The average molecular weight is 411 g/mol. The molecule has 2 aromatic heterocycles. The molecule has 8 heteroatoms. The molecule has 2 aromatic rings. The zero-order valence-corrected chi connectivity index (χ0v) is 18.0. The Morgan fingerprint density at radius 1 is 1.17 bits per heavy atom. The molecule has 2 aliphatic rings. The molecule has 8 nitrogen and oxygen atoms in total. The number of nitrogens with one attached hydrogen (secondary N) is 3. The van der Waals surface area contributed by atoms with Crippen molar-refractivity contribution in [3.8, 4) is 0 Å². The molecule has 1 saturated heterocycles. The van der Waals surface area contributed by atoms with E-state index in [4.69, 9.17) is 10.9 Å². The molecule has 0 amide bonds. The first-order chi connectivity index (χ1) is 14.6. The van der Waals surface area contributed by atoms with E-state index in [-0.39, 0.29) is 6.04 Å². The van der Waals surface area contributed by atoms with Crippen molar-refractivity contribution in [2.75, 3.05) is 39.3 Å². The third kappa shape index (κ3) is 4.92. The second-order valence-electron chi connectivity index (χ2n) is 9.03. The summed E-state index contributed by atoms with van der Waals surface area (Å²) in [5, 5.41) is 12.6. The molecule has 162 valence electrons. The fraction of sp³-hybridized carbons (Fsp3) is 0.682. The Morgan fingerprint density at radius 2 is 1.90 bits per heavy atom. The van der Waals surface area contributed by atoms with Gasteiger partial charge in [0.2, 0.25) is 0 Å². The highest BCUT2D eigenvalue weighted by molar-refractivity contribution is 5.78. The average Bonchev–Trinajstić information content (AvgIpc) is 3.25. The Morgan fingerprint density at radius 3 is 2.60 bits per heavy atom. The quantitative estimate of drug-likeness (QED) is 0.453. The van der Waals surface area contributed by atoms with Crippen LogP contribution < -0.4 is 0 Å². The van der Waals surface area contributed by atoms with Crippen LogP contribution in [0.4, 0.5) is 0 Å². The van der Waals surface area contributed by atoms with Gasteiger partial charge in [-0.15, -0.1) is 0 Å². The predicted molar refractivity (Wildman–Crippen MR) is 118 cm³/mol. The SMILES string of the molecule is CC(=N)CCN1CCN(CC2CCC(C(N=N)c3ncnc4[nH]ccc34)CC2)CC1. The summed E-state index contributed by atoms with van der Waals surface area (Å²) in [6.45, 7) is 8.68. The number of piperazine rings is 1. The number of nitrogens with zero attached hydrogens (tertiary/aromatic N) is 5. The van der Waals surface area contributed by atoms with Gasteiger partial charge in [0, 0.05) is 56.6 Å². The van der Waals surface area contributed by atoms with Crippen molar-refractivity contribution in [2.24, 2.45) is 17.0 Å². The van der Waals surface area contributed by atoms with Crippen molar-refractivity contribution >= 4 is 16.7 Å². The Balaban J connectivity index is 1.26. The van der Waals surface area contributed by atoms with E-state index in [0.29, 0.717) is 5.92 Å². The first-order valence-corrected chi connectivity index (χ1v) is 11.3. The number of aromatic nitrogens is 3. The van der Waals surface area contributed by atoms with Gasteiger partial charge in [-0.25, -0.2) is 15.5 Å². The summed E-state index contributed by atoms with van der Waals surface area (Å²) in [6.07, 6.45) is 9.02. The van der Waals surface area contributed by atoms with Crippen LogP contribution in [0.25, 0.3) is 11.0 Å². The van der Waals surface area contributed by atoms with Gasteiger partial charge in [-0.3, -0.25) is 0 Å². The molecule has 0 radical (unpaired) electrons. The first kappa shape index (κ1) is 21.1. The maximum atomic E-state index is 7.83. The van der Waals surface area contributed by atoms with E-state index >= 15 is 0 Å². The summed E-state index contributed by atoms with van der Waals surface area (Å²) >= 11 is 0. The van der Waals surface area contributed by atoms with E-state index in [2.05, 4.69) is 29.9 Å². The molecule has 1 aliphatic heterocycles. The van der Waals surface area contributed by atoms with Crippen molar-refractivity contribution in [1.82, 2.24) is 24.8 Å². The molecule has 3 heterocycles. The van der Waals surface area contributed by atoms with Crippen molar-refractivity contribution in [3.05, 3.63) is 24.3 Å². The summed E-state index contributed by atoms with van der Waals surface area (Å²) in [6, 6.07) is 1.84. The topological polar surface area (TPSA) is 108 Å². The van der Waals surface area contributed by atoms with Crippen molar-refractivity contribution in [3.63, 3.8) is 0 Å². The fourth-order valence-corrected chi connectivity index (χ4v) is 5.09. The molecule has 1 aliphatic carbocycles. The molecule has 0 spiro atoms. The number of fused-ring (bicyclic) bond motifs is 1. The number of aromatic amines is 1. The van der Waals surface area contributed by atoms with Crippen LogP contribution in [-0.2, 0) is 0 Å². The van der Waals surface area contributed by atoms with Crippen LogP contribution in [0.15, 0.2) is 23.7 Å². The molecule has 4 rings (SSSR count). The van der Waals surface area contributed by atoms with E-state index in [0.717, 1.165) is 80.3 Å². The van der Waals surface area contributed by atoms with Gasteiger partial charge in [0.15, 0.2) is 0 Å². The number of H-pyrrole nitrogens is 1. The number of hydrogen-bond donors (Lipinski definition) is 3. The van der Waals surface area contributed by atoms with Gasteiger partial charge in [0.25, 0.3) is 0 Å². The number of hydrogen-bond acceptors (Lipinski definition) is 7. The predicted octanol–water partition coefficient (Wildman–Crippen LogP) is 3.88. The first-order valence-electron chi connectivity index (χ1n) is 11.3. The van der Waals surface area contributed by atoms with E-state index in [1.807, 2.05) is 19.2 Å². The Hall–Kier alpha value is -2.19. The van der Waals surface area contributed by atoms with Crippen molar-refractivity contribution in [2.45, 2.75) is 45.1 Å². The van der Waals surface area contributed by atoms with Crippen LogP contribution in [0.2, 0.25) is 0 Å². The minimum absolute atomic E-state index is 0.159. The standard InChI is InChI=1S/C22H34N8/c1-16(23)7-9-29-10-12-30(13-11-29)14-17-2-4-18(5-3-17)20(28-24)21-19-6-8-25-22(19)27-15-26-21/h6,8,15,17-18,20,23-24H,2-5,7,9-14H2,1H3,(H,25,26,27). The summed E-state index contributed by atoms with van der Waals surface area (Å²) < 4.78 is 0. The zero-order valence-electron chi connectivity index (χ0n) is 18.0. The summed E-state index contributed by atoms with van der Waals surface area (Å²) in [4.78, 5) is 17.0. The van der Waals surface area contributed by atoms with Crippen LogP contribution in [0.1, 0.15) is 50.8 Å². The van der Waals surface area contributed by atoms with Crippen LogP contribution in [0.5, 0.6) is 0 Å². The minimum Gasteiger partial charge on any atom is -0.346 e. The Bertz CT molecular complexity index is 846. The summed E-state index contributed by atoms with van der Waals surface area (Å²) in [7, 11) is 0. The van der Waals surface area contributed by atoms with Gasteiger partial charge in [-0.1, -0.05) is 0 Å². The molecule has 30 heavy (non-hydrogen) atoms. The van der Waals surface area contributed by atoms with Gasteiger partial charge < -0.3 is 20.2 Å². The van der Waals surface area contributed by atoms with Crippen LogP contribution in [-0.4, -0.2) is 69.7 Å². The molecule has 2 fully saturated rings. The van der Waals surface area contributed by atoms with E-state index in [1.165, 1.54) is 19.4 Å². The van der Waals surface area contributed by atoms with Crippen molar-refractivity contribution < 1.29 is 0 Å². The van der Waals surface area contributed by atoms with Gasteiger partial charge in [0.1, 0.15) is 18.0 Å². The lowest BCUT2D eigenvalue weighted by molar-refractivity contribution is 0.104. The summed E-state index contributed by atoms with van der Waals surface area (Å²) in [5.41, 5.74) is 10.3. The Kier molecular flexibility index (Phi) is 6.84. The molecule has 1 unspecified atom stereocenters. The largest absolute Gasteiger partial charge is 0.346 e. The fourth-order valence-electron chi connectivity index (χ4n) is 5.09. The van der Waals surface area contributed by atoms with Gasteiger partial charge >= 0.3 is 0 Å². The lowest BCUT2D eigenvalue weighted by Gasteiger charge is -2.38. The Labute approximate surface area is 178 Å². The zero-order chi connectivity index (χ0) is 20.9. The lowest BCUT2D eigenvalue weighted by atomic mass is 9.77. The molecular formula is C22H34N8. The van der Waals surface area contributed by atoms with Crippen LogP contribution in [0.3, 0.4) is 0 Å². The second kappa shape index (κ2) is 9.75. The molecule has 1 saturated carbocycles. The molecule has 3 N–H and O–H groups in total. The van der Waals surface area contributed by atoms with E-state index in [1.54, 1.807) is 6.33 Å². The van der Waals surface area contributed by atoms with Crippen LogP contribution in [0, 0.1) is 22.8 Å². The summed E-state index contributed by atoms with van der Waals surface area (Å²) in [5.74, 6) is 1.15. The van der Waals surface area contributed by atoms with E-state index in [9.17, 15) is 0 Å². The highest BCUT2D eigenvalue weighted by Gasteiger charge is 2.31. The van der Waals surface area contributed by atoms with Crippen LogP contribution >= 0.6 is 0 Å². The van der Waals surface area contributed by atoms with Gasteiger partial charge in [0.05, 0.1) is 5.69 Å². The monoisotopic (exact) mass is 410 g/mol. The maximum absolute atomic E-state index is 7.83. The highest BCUT2D eigenvalue weighted by Crippen LogP contribution is 2.40. The third-order valence-electron chi connectivity index (χ3n) is 6.93. The van der Waals surface area contributed by atoms with Crippen molar-refractivity contribution in [1.29, 1.82) is 10.9 Å². The van der Waals surface area contributed by atoms with E-state index < -0.39 is 0 Å². The molecule has 1 atom stereocenters. The maximum Gasteiger partial charge on any atom is 0.141 e. The highest BCUT2D eigenvalue weighted by atomic mass is 15.3. The van der Waals surface area contributed by atoms with Gasteiger partial charge in [-0.05, 0) is 56.9 Å². The third-order valence-corrected chi connectivity index (χ3v) is 6.93. The molecule has 0 aromatic carbocycles. The second-order valence-corrected chi connectivity index (χ2v) is 9.03. The molecule has 0 bridgehead atoms. The smallest absolute Gasteiger partial charge is 0.141 e. The normalized spacial score (nSPS) is 24.7. The van der Waals surface area contributed by atoms with Gasteiger partial charge in [-0.2, -0.15) is 5.11 Å². The lowest BCUT2D eigenvalue weighted by Crippen LogP contribution is -2.48. The molecular weight excluding hydrogens is 376 g/mol. The number of rotatable bonds is 8. The minimum atomic E-state index is -0.159.